The second kappa shape index (κ2) is 7.83. The predicted octanol–water partition coefficient (Wildman–Crippen LogP) is 4.95. The summed E-state index contributed by atoms with van der Waals surface area (Å²) in [6, 6.07) is 3.98. The van der Waals surface area contributed by atoms with E-state index in [4.69, 9.17) is 4.42 Å². The van der Waals surface area contributed by atoms with Crippen LogP contribution in [-0.4, -0.2) is 9.97 Å². The summed E-state index contributed by atoms with van der Waals surface area (Å²) in [5, 5.41) is 0. The molecule has 2 rings (SSSR count). The van der Waals surface area contributed by atoms with E-state index in [9.17, 15) is 0 Å². The normalized spacial score (nSPS) is 10.9. The highest BCUT2D eigenvalue weighted by molar-refractivity contribution is 5.56. The van der Waals surface area contributed by atoms with Crippen molar-refractivity contribution in [3.8, 4) is 11.5 Å². The minimum atomic E-state index is 0.782. The zero-order chi connectivity index (χ0) is 14.2. The highest BCUT2D eigenvalue weighted by Gasteiger charge is 2.10. The molecule has 0 amide bonds. The van der Waals surface area contributed by atoms with Gasteiger partial charge >= 0.3 is 0 Å². The van der Waals surface area contributed by atoms with Crippen LogP contribution < -0.4 is 0 Å². The van der Waals surface area contributed by atoms with Crippen molar-refractivity contribution >= 4 is 0 Å². The van der Waals surface area contributed by atoms with E-state index >= 15 is 0 Å². The Bertz CT molecular complexity index is 519. The van der Waals surface area contributed by atoms with E-state index in [2.05, 4.69) is 23.0 Å². The third-order valence-electron chi connectivity index (χ3n) is 3.56. The summed E-state index contributed by atoms with van der Waals surface area (Å²) in [6.45, 7) is 4.15. The monoisotopic (exact) mass is 272 g/mol. The number of aromatic nitrogens is 2. The molecule has 0 N–H and O–H groups in total. The van der Waals surface area contributed by atoms with Gasteiger partial charge in [0.25, 0.3) is 0 Å². The summed E-state index contributed by atoms with van der Waals surface area (Å²) in [6.07, 6.45) is 12.5. The largest absolute Gasteiger partial charge is 0.462 e. The van der Waals surface area contributed by atoms with Gasteiger partial charge in [-0.2, -0.15) is 0 Å². The van der Waals surface area contributed by atoms with Crippen LogP contribution in [0.25, 0.3) is 11.5 Å². The molecule has 0 aliphatic carbocycles. The molecular formula is C17H24N2O. The minimum absolute atomic E-state index is 0.782. The highest BCUT2D eigenvalue weighted by Crippen LogP contribution is 2.24. The van der Waals surface area contributed by atoms with Gasteiger partial charge in [-0.1, -0.05) is 39.0 Å². The molecule has 2 heterocycles. The Hall–Kier alpha value is -1.64. The fourth-order valence-electron chi connectivity index (χ4n) is 2.44. The Kier molecular flexibility index (Phi) is 5.78. The summed E-state index contributed by atoms with van der Waals surface area (Å²) in [5.41, 5.74) is 2.15. The van der Waals surface area contributed by atoms with E-state index < -0.39 is 0 Å². The topological polar surface area (TPSA) is 38.9 Å². The van der Waals surface area contributed by atoms with Gasteiger partial charge in [0.1, 0.15) is 11.5 Å². The van der Waals surface area contributed by atoms with Gasteiger partial charge in [0.2, 0.25) is 0 Å². The number of furan rings is 1. The van der Waals surface area contributed by atoms with Crippen LogP contribution in [-0.2, 0) is 6.42 Å². The molecule has 0 aromatic carbocycles. The zero-order valence-electron chi connectivity index (χ0n) is 12.6. The van der Waals surface area contributed by atoms with Gasteiger partial charge in [-0.3, -0.25) is 0 Å². The van der Waals surface area contributed by atoms with Crippen molar-refractivity contribution in [2.45, 2.75) is 58.8 Å². The Labute approximate surface area is 121 Å². The maximum Gasteiger partial charge on any atom is 0.155 e. The van der Waals surface area contributed by atoms with Gasteiger partial charge in [0.05, 0.1) is 6.26 Å². The van der Waals surface area contributed by atoms with Crippen LogP contribution in [0, 0.1) is 6.92 Å². The van der Waals surface area contributed by atoms with Crippen LogP contribution in [0.4, 0.5) is 0 Å². The number of nitrogens with zero attached hydrogens (tertiary/aromatic N) is 2. The second-order valence-corrected chi connectivity index (χ2v) is 5.28. The lowest BCUT2D eigenvalue weighted by atomic mass is 10.0. The first-order valence-electron chi connectivity index (χ1n) is 7.67. The standard InChI is InChI=1S/C17H24N2O/c1-3-4-5-6-7-8-9-15-11-13-20-17(15)16-10-12-18-14(2)19-16/h10-13H,3-9H2,1-2H3. The Morgan fingerprint density at radius 2 is 1.85 bits per heavy atom. The summed E-state index contributed by atoms with van der Waals surface area (Å²) >= 11 is 0. The van der Waals surface area contributed by atoms with Crippen LogP contribution in [0.15, 0.2) is 29.0 Å². The van der Waals surface area contributed by atoms with Crippen LogP contribution >= 0.6 is 0 Å². The van der Waals surface area contributed by atoms with Crippen molar-refractivity contribution in [1.29, 1.82) is 0 Å². The molecule has 108 valence electrons. The van der Waals surface area contributed by atoms with E-state index in [0.29, 0.717) is 0 Å². The molecule has 0 fully saturated rings. The summed E-state index contributed by atoms with van der Waals surface area (Å²) < 4.78 is 5.61. The van der Waals surface area contributed by atoms with Gasteiger partial charge in [-0.15, -0.1) is 0 Å². The SMILES string of the molecule is CCCCCCCCc1ccoc1-c1ccnc(C)n1. The van der Waals surface area contributed by atoms with Gasteiger partial charge in [-0.25, -0.2) is 9.97 Å². The van der Waals surface area contributed by atoms with Gasteiger partial charge in [-0.05, 0) is 31.9 Å². The molecule has 0 saturated heterocycles. The molecule has 2 aromatic heterocycles. The third kappa shape index (κ3) is 4.19. The molecular weight excluding hydrogens is 248 g/mol. The second-order valence-electron chi connectivity index (χ2n) is 5.28. The summed E-state index contributed by atoms with van der Waals surface area (Å²) in [5.74, 6) is 1.69. The molecule has 0 aliphatic rings. The fraction of sp³-hybridized carbons (Fsp3) is 0.529. The van der Waals surface area contributed by atoms with E-state index in [1.807, 2.05) is 13.0 Å². The summed E-state index contributed by atoms with van der Waals surface area (Å²) in [4.78, 5) is 8.57. The number of unbranched alkanes of at least 4 members (excludes halogenated alkanes) is 5. The maximum absolute atomic E-state index is 5.61. The van der Waals surface area contributed by atoms with Crippen molar-refractivity contribution in [2.24, 2.45) is 0 Å². The lowest BCUT2D eigenvalue weighted by molar-refractivity contribution is 0.572. The predicted molar refractivity (Wildman–Crippen MR) is 81.6 cm³/mol. The molecule has 3 heteroatoms. The Balaban J connectivity index is 1.89. The van der Waals surface area contributed by atoms with Crippen molar-refractivity contribution < 1.29 is 4.42 Å². The van der Waals surface area contributed by atoms with Gasteiger partial charge in [0, 0.05) is 11.8 Å². The molecule has 0 saturated carbocycles. The maximum atomic E-state index is 5.61. The van der Waals surface area contributed by atoms with Crippen LogP contribution in [0.5, 0.6) is 0 Å². The molecule has 3 nitrogen and oxygen atoms in total. The van der Waals surface area contributed by atoms with Crippen LogP contribution in [0.3, 0.4) is 0 Å². The first-order valence-corrected chi connectivity index (χ1v) is 7.67. The highest BCUT2D eigenvalue weighted by atomic mass is 16.3. The number of rotatable bonds is 8. The van der Waals surface area contributed by atoms with E-state index in [1.165, 1.54) is 44.1 Å². The quantitative estimate of drug-likeness (QED) is 0.638. The van der Waals surface area contributed by atoms with Crippen molar-refractivity contribution in [3.63, 3.8) is 0 Å². The summed E-state index contributed by atoms with van der Waals surface area (Å²) in [7, 11) is 0. The molecule has 20 heavy (non-hydrogen) atoms. The Morgan fingerprint density at radius 1 is 1.05 bits per heavy atom. The molecule has 0 radical (unpaired) electrons. The van der Waals surface area contributed by atoms with Crippen molar-refractivity contribution in [3.05, 3.63) is 36.0 Å². The minimum Gasteiger partial charge on any atom is -0.462 e. The zero-order valence-corrected chi connectivity index (χ0v) is 12.6. The smallest absolute Gasteiger partial charge is 0.155 e. The first kappa shape index (κ1) is 14.8. The fourth-order valence-corrected chi connectivity index (χ4v) is 2.44. The van der Waals surface area contributed by atoms with Gasteiger partial charge in [0.15, 0.2) is 5.76 Å². The van der Waals surface area contributed by atoms with Crippen LogP contribution in [0.1, 0.15) is 56.8 Å². The molecule has 0 spiro atoms. The number of hydrogen-bond acceptors (Lipinski definition) is 3. The van der Waals surface area contributed by atoms with E-state index in [-0.39, 0.29) is 0 Å². The van der Waals surface area contributed by atoms with Crippen molar-refractivity contribution in [2.75, 3.05) is 0 Å². The molecule has 2 aromatic rings. The van der Waals surface area contributed by atoms with Crippen molar-refractivity contribution in [1.82, 2.24) is 9.97 Å². The Morgan fingerprint density at radius 3 is 2.65 bits per heavy atom. The number of aryl methyl sites for hydroxylation is 2. The average Bonchev–Trinajstić information content (AvgIpc) is 2.91. The van der Waals surface area contributed by atoms with Crippen LogP contribution in [0.2, 0.25) is 0 Å². The average molecular weight is 272 g/mol. The lowest BCUT2D eigenvalue weighted by Crippen LogP contribution is -1.92. The molecule has 0 atom stereocenters. The third-order valence-corrected chi connectivity index (χ3v) is 3.56. The first-order chi connectivity index (χ1) is 9.81. The van der Waals surface area contributed by atoms with Gasteiger partial charge < -0.3 is 4.42 Å². The van der Waals surface area contributed by atoms with E-state index in [1.54, 1.807) is 12.5 Å². The number of hydrogen-bond donors (Lipinski definition) is 0. The molecule has 0 aliphatic heterocycles. The van der Waals surface area contributed by atoms with E-state index in [0.717, 1.165) is 23.7 Å². The molecule has 0 unspecified atom stereocenters. The lowest BCUT2D eigenvalue weighted by Gasteiger charge is -2.03. The molecule has 0 bridgehead atoms.